The maximum absolute atomic E-state index is 12.6. The van der Waals surface area contributed by atoms with Crippen LogP contribution in [-0.2, 0) is 19.1 Å². The Morgan fingerprint density at radius 3 is 2.78 bits per heavy atom. The molecule has 7 heteroatoms. The van der Waals surface area contributed by atoms with Gasteiger partial charge >= 0.3 is 0 Å². The lowest BCUT2D eigenvalue weighted by molar-refractivity contribution is -0.173. The van der Waals surface area contributed by atoms with Crippen LogP contribution in [0.5, 0.6) is 0 Å². The van der Waals surface area contributed by atoms with Crippen LogP contribution in [0.25, 0.3) is 0 Å². The molecule has 0 aliphatic carbocycles. The highest BCUT2D eigenvalue weighted by Gasteiger charge is 2.43. The zero-order chi connectivity index (χ0) is 17.0. The highest BCUT2D eigenvalue weighted by molar-refractivity contribution is 5.79. The summed E-state index contributed by atoms with van der Waals surface area (Å²) in [6.07, 6.45) is 0. The van der Waals surface area contributed by atoms with Gasteiger partial charge in [0.15, 0.2) is 0 Å². The zero-order valence-electron chi connectivity index (χ0n) is 14.7. The molecule has 2 rings (SSSR count). The molecule has 2 aliphatic rings. The fourth-order valence-corrected chi connectivity index (χ4v) is 2.87. The highest BCUT2D eigenvalue weighted by atomic mass is 16.6. The summed E-state index contributed by atoms with van der Waals surface area (Å²) in [7, 11) is 1.95. The summed E-state index contributed by atoms with van der Waals surface area (Å²) >= 11 is 0. The van der Waals surface area contributed by atoms with Gasteiger partial charge in [-0.1, -0.05) is 0 Å². The first-order valence-electron chi connectivity index (χ1n) is 8.34. The van der Waals surface area contributed by atoms with Gasteiger partial charge in [-0.05, 0) is 27.8 Å². The molecule has 0 saturated carbocycles. The van der Waals surface area contributed by atoms with E-state index in [4.69, 9.17) is 9.47 Å². The summed E-state index contributed by atoms with van der Waals surface area (Å²) in [6, 6.07) is 0.315. The van der Waals surface area contributed by atoms with Gasteiger partial charge in [0.2, 0.25) is 11.8 Å². The Morgan fingerprint density at radius 2 is 2.13 bits per heavy atom. The van der Waals surface area contributed by atoms with Gasteiger partial charge in [0.05, 0.1) is 32.8 Å². The van der Waals surface area contributed by atoms with E-state index < -0.39 is 5.60 Å². The number of nitrogens with zero attached hydrogens (tertiary/aromatic N) is 3. The molecule has 1 atom stereocenters. The van der Waals surface area contributed by atoms with Crippen molar-refractivity contribution in [3.05, 3.63) is 0 Å². The number of morpholine rings is 1. The number of likely N-dealkylation sites (N-methyl/N-ethyl adjacent to an activating group) is 2. The molecule has 7 nitrogen and oxygen atoms in total. The molecule has 2 fully saturated rings. The zero-order valence-corrected chi connectivity index (χ0v) is 14.7. The molecular weight excluding hydrogens is 298 g/mol. The SMILES string of the molecule is CCN1CC2(COCCN(C(=O)CN(C)C(C)C)C2)OCC1=O. The van der Waals surface area contributed by atoms with Gasteiger partial charge in [-0.25, -0.2) is 0 Å². The van der Waals surface area contributed by atoms with Gasteiger partial charge in [-0.3, -0.25) is 14.5 Å². The maximum atomic E-state index is 12.6. The third-order valence-electron chi connectivity index (χ3n) is 4.68. The Bertz CT molecular complexity index is 443. The van der Waals surface area contributed by atoms with Gasteiger partial charge in [-0.2, -0.15) is 0 Å². The van der Waals surface area contributed by atoms with Crippen LogP contribution in [0.1, 0.15) is 20.8 Å². The summed E-state index contributed by atoms with van der Waals surface area (Å²) in [4.78, 5) is 30.1. The van der Waals surface area contributed by atoms with E-state index in [2.05, 4.69) is 13.8 Å². The number of hydrogen-bond acceptors (Lipinski definition) is 5. The molecule has 2 heterocycles. The monoisotopic (exact) mass is 327 g/mol. The molecule has 1 unspecified atom stereocenters. The lowest BCUT2D eigenvalue weighted by Crippen LogP contribution is -2.61. The van der Waals surface area contributed by atoms with Gasteiger partial charge < -0.3 is 19.3 Å². The molecule has 2 aliphatic heterocycles. The quantitative estimate of drug-likeness (QED) is 0.716. The van der Waals surface area contributed by atoms with E-state index in [1.165, 1.54) is 0 Å². The van der Waals surface area contributed by atoms with Crippen LogP contribution in [0.4, 0.5) is 0 Å². The van der Waals surface area contributed by atoms with Gasteiger partial charge in [-0.15, -0.1) is 0 Å². The van der Waals surface area contributed by atoms with Crippen LogP contribution in [0, 0.1) is 0 Å². The topological polar surface area (TPSA) is 62.3 Å². The first kappa shape index (κ1) is 18.2. The van der Waals surface area contributed by atoms with Crippen molar-refractivity contribution in [2.75, 3.05) is 59.6 Å². The summed E-state index contributed by atoms with van der Waals surface area (Å²) < 4.78 is 11.5. The average molecular weight is 327 g/mol. The highest BCUT2D eigenvalue weighted by Crippen LogP contribution is 2.23. The van der Waals surface area contributed by atoms with E-state index in [1.54, 1.807) is 4.90 Å². The number of hydrogen-bond donors (Lipinski definition) is 0. The summed E-state index contributed by atoms with van der Waals surface area (Å²) in [6.45, 7) is 9.61. The standard InChI is InChI=1S/C16H29N3O4/c1-5-18-10-16(23-9-15(18)21)11-19(6-7-22-12-16)14(20)8-17(4)13(2)3/h13H,5-12H2,1-4H3. The number of carbonyl (C=O) groups is 2. The molecule has 1 spiro atoms. The Kier molecular flexibility index (Phi) is 6.00. The first-order chi connectivity index (χ1) is 10.9. The van der Waals surface area contributed by atoms with Crippen molar-refractivity contribution in [1.82, 2.24) is 14.7 Å². The van der Waals surface area contributed by atoms with Gasteiger partial charge in [0.25, 0.3) is 0 Å². The van der Waals surface area contributed by atoms with Crippen molar-refractivity contribution in [2.24, 2.45) is 0 Å². The van der Waals surface area contributed by atoms with Crippen molar-refractivity contribution in [1.29, 1.82) is 0 Å². The van der Waals surface area contributed by atoms with Gasteiger partial charge in [0.1, 0.15) is 12.2 Å². The fraction of sp³-hybridized carbons (Fsp3) is 0.875. The van der Waals surface area contributed by atoms with Crippen molar-refractivity contribution < 1.29 is 19.1 Å². The van der Waals surface area contributed by atoms with E-state index >= 15 is 0 Å². The van der Waals surface area contributed by atoms with Gasteiger partial charge in [0, 0.05) is 19.1 Å². The minimum atomic E-state index is -0.605. The molecule has 0 N–H and O–H groups in total. The molecule has 2 saturated heterocycles. The second-order valence-corrected chi connectivity index (χ2v) is 6.76. The number of carbonyl (C=O) groups excluding carboxylic acids is 2. The average Bonchev–Trinajstić information content (AvgIpc) is 2.72. The van der Waals surface area contributed by atoms with E-state index in [0.29, 0.717) is 52.0 Å². The maximum Gasteiger partial charge on any atom is 0.248 e. The predicted molar refractivity (Wildman–Crippen MR) is 86.1 cm³/mol. The number of ether oxygens (including phenoxy) is 2. The van der Waals surface area contributed by atoms with Crippen LogP contribution in [0.3, 0.4) is 0 Å². The molecule has 0 aromatic rings. The number of rotatable bonds is 4. The Labute approximate surface area is 138 Å². The Morgan fingerprint density at radius 1 is 1.39 bits per heavy atom. The van der Waals surface area contributed by atoms with Crippen LogP contribution in [-0.4, -0.2) is 97.7 Å². The Hall–Kier alpha value is -1.18. The predicted octanol–water partition coefficient (Wildman–Crippen LogP) is -0.197. The fourth-order valence-electron chi connectivity index (χ4n) is 2.87. The summed E-state index contributed by atoms with van der Waals surface area (Å²) in [5.41, 5.74) is -0.605. The second kappa shape index (κ2) is 7.59. The van der Waals surface area contributed by atoms with Crippen LogP contribution < -0.4 is 0 Å². The molecule has 23 heavy (non-hydrogen) atoms. The molecule has 0 radical (unpaired) electrons. The molecule has 2 amide bonds. The first-order valence-corrected chi connectivity index (χ1v) is 8.34. The smallest absolute Gasteiger partial charge is 0.248 e. The third-order valence-corrected chi connectivity index (χ3v) is 4.68. The molecular formula is C16H29N3O4. The van der Waals surface area contributed by atoms with Crippen molar-refractivity contribution in [2.45, 2.75) is 32.4 Å². The largest absolute Gasteiger partial charge is 0.376 e. The lowest BCUT2D eigenvalue weighted by atomic mass is 10.0. The molecule has 0 aromatic heterocycles. The van der Waals surface area contributed by atoms with Crippen LogP contribution in [0.2, 0.25) is 0 Å². The molecule has 0 bridgehead atoms. The molecule has 0 aromatic carbocycles. The van der Waals surface area contributed by atoms with E-state index in [9.17, 15) is 9.59 Å². The second-order valence-electron chi connectivity index (χ2n) is 6.76. The normalized spacial score (nSPS) is 26.3. The summed E-state index contributed by atoms with van der Waals surface area (Å²) in [5, 5.41) is 0. The third kappa shape index (κ3) is 4.43. The van der Waals surface area contributed by atoms with Crippen molar-refractivity contribution in [3.8, 4) is 0 Å². The minimum absolute atomic E-state index is 0.000195. The van der Waals surface area contributed by atoms with Crippen LogP contribution >= 0.6 is 0 Å². The van der Waals surface area contributed by atoms with E-state index in [1.807, 2.05) is 23.8 Å². The van der Waals surface area contributed by atoms with Crippen molar-refractivity contribution in [3.63, 3.8) is 0 Å². The lowest BCUT2D eigenvalue weighted by Gasteiger charge is -2.42. The van der Waals surface area contributed by atoms with Crippen LogP contribution in [0.15, 0.2) is 0 Å². The summed E-state index contributed by atoms with van der Waals surface area (Å²) in [5.74, 6) is 0.0782. The minimum Gasteiger partial charge on any atom is -0.376 e. The van der Waals surface area contributed by atoms with Crippen molar-refractivity contribution >= 4 is 11.8 Å². The van der Waals surface area contributed by atoms with E-state index in [0.717, 1.165) is 0 Å². The van der Waals surface area contributed by atoms with E-state index in [-0.39, 0.29) is 18.4 Å². The molecule has 132 valence electrons. The number of amides is 2. The Balaban J connectivity index is 2.05.